The molecule has 3 aromatic rings. The third-order valence-corrected chi connectivity index (χ3v) is 5.49. The van der Waals surface area contributed by atoms with E-state index < -0.39 is 0 Å². The summed E-state index contributed by atoms with van der Waals surface area (Å²) in [5, 5.41) is 13.3. The van der Waals surface area contributed by atoms with Crippen LogP contribution in [0, 0.1) is 11.8 Å². The highest BCUT2D eigenvalue weighted by atomic mass is 16.3. The minimum absolute atomic E-state index is 0.350. The topological polar surface area (TPSA) is 28.4 Å². The van der Waals surface area contributed by atoms with Crippen molar-refractivity contribution >= 4 is 21.8 Å². The van der Waals surface area contributed by atoms with E-state index in [9.17, 15) is 5.11 Å². The van der Waals surface area contributed by atoms with Crippen LogP contribution in [-0.2, 0) is 6.54 Å². The zero-order valence-corrected chi connectivity index (χ0v) is 15.2. The monoisotopic (exact) mass is 336 g/mol. The first-order valence-electron chi connectivity index (χ1n) is 9.48. The summed E-state index contributed by atoms with van der Waals surface area (Å²) < 4.78 is 2.28. The van der Waals surface area contributed by atoms with Gasteiger partial charge < -0.3 is 14.6 Å². The van der Waals surface area contributed by atoms with Gasteiger partial charge in [-0.15, -0.1) is 0 Å². The molecule has 0 aliphatic carbocycles. The molecule has 132 valence electrons. The number of fused-ring (bicyclic) bond motifs is 3. The van der Waals surface area contributed by atoms with E-state index in [0.29, 0.717) is 6.54 Å². The molecule has 1 fully saturated rings. The molecular formula is C22H28N2O. The number of aliphatic hydroxyl groups is 1. The smallest absolute Gasteiger partial charge is 0.0845 e. The van der Waals surface area contributed by atoms with Crippen LogP contribution in [0.2, 0.25) is 0 Å². The van der Waals surface area contributed by atoms with Crippen molar-refractivity contribution in [2.75, 3.05) is 19.6 Å². The van der Waals surface area contributed by atoms with E-state index in [1.165, 1.54) is 28.2 Å². The summed E-state index contributed by atoms with van der Waals surface area (Å²) in [4.78, 5) is 2.44. The number of β-amino-alcohol motifs (C(OH)–C–C–N with tert-alkyl or cyclic N) is 1. The van der Waals surface area contributed by atoms with Crippen LogP contribution in [0.5, 0.6) is 0 Å². The van der Waals surface area contributed by atoms with E-state index in [-0.39, 0.29) is 6.10 Å². The van der Waals surface area contributed by atoms with Crippen LogP contribution >= 0.6 is 0 Å². The van der Waals surface area contributed by atoms with Gasteiger partial charge in [0.2, 0.25) is 0 Å². The van der Waals surface area contributed by atoms with Gasteiger partial charge in [-0.05, 0) is 30.4 Å². The molecule has 2 heterocycles. The Labute approximate surface area is 149 Å². The summed E-state index contributed by atoms with van der Waals surface area (Å²) in [5.41, 5.74) is 2.42. The lowest BCUT2D eigenvalue weighted by atomic mass is 9.92. The number of benzene rings is 2. The van der Waals surface area contributed by atoms with Crippen LogP contribution in [0.3, 0.4) is 0 Å². The van der Waals surface area contributed by atoms with E-state index in [0.717, 1.165) is 31.5 Å². The normalized spacial score (nSPS) is 23.3. The van der Waals surface area contributed by atoms with Gasteiger partial charge in [-0.25, -0.2) is 0 Å². The van der Waals surface area contributed by atoms with Gasteiger partial charge in [-0.1, -0.05) is 50.2 Å². The van der Waals surface area contributed by atoms with Crippen molar-refractivity contribution in [2.24, 2.45) is 11.8 Å². The van der Waals surface area contributed by atoms with Gasteiger partial charge in [0.1, 0.15) is 0 Å². The lowest BCUT2D eigenvalue weighted by molar-refractivity contribution is 0.0626. The Hall–Kier alpha value is -1.84. The summed E-state index contributed by atoms with van der Waals surface area (Å²) in [6.45, 7) is 8.26. The Morgan fingerprint density at radius 2 is 1.40 bits per heavy atom. The fraction of sp³-hybridized carbons (Fsp3) is 0.455. The summed E-state index contributed by atoms with van der Waals surface area (Å²) in [7, 11) is 0. The van der Waals surface area contributed by atoms with Crippen LogP contribution in [-0.4, -0.2) is 40.3 Å². The Morgan fingerprint density at radius 3 is 1.96 bits per heavy atom. The number of hydrogen-bond donors (Lipinski definition) is 1. The Morgan fingerprint density at radius 1 is 0.880 bits per heavy atom. The van der Waals surface area contributed by atoms with Crippen molar-refractivity contribution in [1.82, 2.24) is 9.47 Å². The third-order valence-electron chi connectivity index (χ3n) is 5.49. The average molecular weight is 336 g/mol. The highest BCUT2D eigenvalue weighted by Crippen LogP contribution is 2.29. The van der Waals surface area contributed by atoms with Crippen molar-refractivity contribution in [3.8, 4) is 0 Å². The summed E-state index contributed by atoms with van der Waals surface area (Å²) >= 11 is 0. The van der Waals surface area contributed by atoms with Crippen molar-refractivity contribution in [2.45, 2.75) is 32.9 Å². The fourth-order valence-corrected chi connectivity index (χ4v) is 4.71. The predicted octanol–water partition coefficient (Wildman–Crippen LogP) is 4.13. The van der Waals surface area contributed by atoms with E-state index in [1.807, 2.05) is 0 Å². The van der Waals surface area contributed by atoms with Crippen LogP contribution in [0.25, 0.3) is 21.8 Å². The van der Waals surface area contributed by atoms with Crippen molar-refractivity contribution in [1.29, 1.82) is 0 Å². The summed E-state index contributed by atoms with van der Waals surface area (Å²) in [5.74, 6) is 1.45. The molecule has 25 heavy (non-hydrogen) atoms. The molecule has 0 saturated carbocycles. The molecule has 1 aliphatic heterocycles. The van der Waals surface area contributed by atoms with Crippen molar-refractivity contribution in [3.05, 3.63) is 48.5 Å². The van der Waals surface area contributed by atoms with Gasteiger partial charge in [0.15, 0.2) is 0 Å². The number of para-hydroxylation sites is 2. The summed E-state index contributed by atoms with van der Waals surface area (Å²) in [6, 6.07) is 17.0. The van der Waals surface area contributed by atoms with E-state index in [2.05, 4.69) is 71.8 Å². The van der Waals surface area contributed by atoms with Crippen LogP contribution in [0.4, 0.5) is 0 Å². The Balaban J connectivity index is 1.59. The maximum absolute atomic E-state index is 10.8. The number of aromatic nitrogens is 1. The van der Waals surface area contributed by atoms with Gasteiger partial charge in [-0.3, -0.25) is 0 Å². The molecule has 3 atom stereocenters. The highest BCUT2D eigenvalue weighted by molar-refractivity contribution is 6.07. The second-order valence-electron chi connectivity index (χ2n) is 7.96. The molecule has 0 bridgehead atoms. The van der Waals surface area contributed by atoms with Gasteiger partial charge in [-0.2, -0.15) is 0 Å². The molecule has 3 heteroatoms. The third kappa shape index (κ3) is 3.31. The van der Waals surface area contributed by atoms with Crippen molar-refractivity contribution < 1.29 is 5.11 Å². The van der Waals surface area contributed by atoms with E-state index >= 15 is 0 Å². The zero-order valence-electron chi connectivity index (χ0n) is 15.2. The second-order valence-corrected chi connectivity index (χ2v) is 7.96. The Kier molecular flexibility index (Phi) is 4.53. The first-order valence-corrected chi connectivity index (χ1v) is 9.48. The number of aliphatic hydroxyl groups excluding tert-OH is 1. The maximum atomic E-state index is 10.8. The quantitative estimate of drug-likeness (QED) is 0.776. The molecule has 0 unspecified atom stereocenters. The first kappa shape index (κ1) is 16.6. The minimum Gasteiger partial charge on any atom is -0.390 e. The molecule has 4 rings (SSSR count). The van der Waals surface area contributed by atoms with Gasteiger partial charge in [0.05, 0.1) is 12.6 Å². The standard InChI is InChI=1S/C22H28N2O/c1-16-11-17(2)13-23(12-16)14-18(25)15-24-21-9-5-3-7-19(21)20-8-4-6-10-22(20)24/h3-10,16-18,25H,11-15H2,1-2H3/t16-,17+,18-/m1/s1. The lowest BCUT2D eigenvalue weighted by Crippen LogP contribution is -2.43. The molecule has 1 N–H and O–H groups in total. The molecular weight excluding hydrogens is 308 g/mol. The molecule has 2 aromatic carbocycles. The number of piperidine rings is 1. The van der Waals surface area contributed by atoms with E-state index in [4.69, 9.17) is 0 Å². The lowest BCUT2D eigenvalue weighted by Gasteiger charge is -2.36. The highest BCUT2D eigenvalue weighted by Gasteiger charge is 2.24. The number of likely N-dealkylation sites (tertiary alicyclic amines) is 1. The van der Waals surface area contributed by atoms with Crippen molar-refractivity contribution in [3.63, 3.8) is 0 Å². The molecule has 0 spiro atoms. The number of nitrogens with zero attached hydrogens (tertiary/aromatic N) is 2. The number of rotatable bonds is 4. The molecule has 1 aromatic heterocycles. The van der Waals surface area contributed by atoms with Gasteiger partial charge >= 0.3 is 0 Å². The molecule has 3 nitrogen and oxygen atoms in total. The molecule has 1 aliphatic rings. The van der Waals surface area contributed by atoms with Crippen LogP contribution in [0.1, 0.15) is 20.3 Å². The predicted molar refractivity (Wildman–Crippen MR) is 105 cm³/mol. The fourth-order valence-electron chi connectivity index (χ4n) is 4.71. The van der Waals surface area contributed by atoms with Crippen LogP contribution < -0.4 is 0 Å². The SMILES string of the molecule is C[C@@H]1C[C@H](C)CN(C[C@@H](O)Cn2c3ccccc3c3ccccc32)C1. The largest absolute Gasteiger partial charge is 0.390 e. The van der Waals surface area contributed by atoms with Crippen LogP contribution in [0.15, 0.2) is 48.5 Å². The maximum Gasteiger partial charge on any atom is 0.0845 e. The molecule has 1 saturated heterocycles. The molecule has 0 amide bonds. The van der Waals surface area contributed by atoms with E-state index in [1.54, 1.807) is 0 Å². The minimum atomic E-state index is -0.350. The molecule has 0 radical (unpaired) electrons. The Bertz CT molecular complexity index is 805. The first-order chi connectivity index (χ1) is 12.1. The average Bonchev–Trinajstić information content (AvgIpc) is 2.89. The second kappa shape index (κ2) is 6.81. The summed E-state index contributed by atoms with van der Waals surface area (Å²) in [6.07, 6.45) is 0.955. The zero-order chi connectivity index (χ0) is 17.4. The number of hydrogen-bond acceptors (Lipinski definition) is 2. The van der Waals surface area contributed by atoms with Gasteiger partial charge in [0.25, 0.3) is 0 Å². The van der Waals surface area contributed by atoms with Gasteiger partial charge in [0, 0.05) is 41.4 Å².